The van der Waals surface area contributed by atoms with E-state index in [4.69, 9.17) is 23.2 Å². The normalized spacial score (nSPS) is 11.2. The lowest BCUT2D eigenvalue weighted by Gasteiger charge is -2.02. The summed E-state index contributed by atoms with van der Waals surface area (Å²) in [4.78, 5) is 4.58. The highest BCUT2D eigenvalue weighted by atomic mass is 35.5. The van der Waals surface area contributed by atoms with Crippen molar-refractivity contribution in [1.82, 2.24) is 9.55 Å². The van der Waals surface area contributed by atoms with Gasteiger partial charge in [0, 0.05) is 19.3 Å². The zero-order chi connectivity index (χ0) is 11.5. The number of imidazole rings is 1. The van der Waals surface area contributed by atoms with Gasteiger partial charge in [0.05, 0.1) is 16.1 Å². The van der Waals surface area contributed by atoms with E-state index in [0.717, 1.165) is 41.1 Å². The van der Waals surface area contributed by atoms with Gasteiger partial charge in [0.25, 0.3) is 0 Å². The first-order chi connectivity index (χ1) is 7.74. The number of benzene rings is 1. The van der Waals surface area contributed by atoms with Crippen LogP contribution in [0.5, 0.6) is 0 Å². The van der Waals surface area contributed by atoms with Crippen molar-refractivity contribution in [1.29, 1.82) is 0 Å². The fourth-order valence-electron chi connectivity index (χ4n) is 1.87. The Bertz CT molecular complexity index is 491. The van der Waals surface area contributed by atoms with E-state index in [1.54, 1.807) is 0 Å². The van der Waals surface area contributed by atoms with Crippen molar-refractivity contribution in [3.05, 3.63) is 29.0 Å². The Labute approximate surface area is 105 Å². The van der Waals surface area contributed by atoms with Gasteiger partial charge in [-0.3, -0.25) is 0 Å². The molecule has 86 valence electrons. The average molecular weight is 257 g/mol. The van der Waals surface area contributed by atoms with Crippen molar-refractivity contribution in [3.8, 4) is 0 Å². The number of halogens is 2. The second kappa shape index (κ2) is 5.07. The summed E-state index contributed by atoms with van der Waals surface area (Å²) >= 11 is 11.8. The summed E-state index contributed by atoms with van der Waals surface area (Å²) in [5.41, 5.74) is 1.99. The topological polar surface area (TPSA) is 17.8 Å². The van der Waals surface area contributed by atoms with Crippen molar-refractivity contribution in [2.45, 2.75) is 19.3 Å². The van der Waals surface area contributed by atoms with Crippen molar-refractivity contribution in [3.63, 3.8) is 0 Å². The van der Waals surface area contributed by atoms with Crippen LogP contribution in [-0.2, 0) is 13.5 Å². The smallest absolute Gasteiger partial charge is 0.109 e. The van der Waals surface area contributed by atoms with Gasteiger partial charge in [-0.1, -0.05) is 17.7 Å². The van der Waals surface area contributed by atoms with Crippen molar-refractivity contribution in [2.24, 2.45) is 7.05 Å². The highest BCUT2D eigenvalue weighted by Gasteiger charge is 2.09. The second-order valence-electron chi connectivity index (χ2n) is 3.84. The van der Waals surface area contributed by atoms with Crippen LogP contribution in [0.2, 0.25) is 5.02 Å². The number of alkyl halides is 1. The number of aromatic nitrogens is 2. The van der Waals surface area contributed by atoms with Crippen LogP contribution in [-0.4, -0.2) is 15.4 Å². The molecule has 2 nitrogen and oxygen atoms in total. The van der Waals surface area contributed by atoms with Gasteiger partial charge in [0.1, 0.15) is 5.82 Å². The van der Waals surface area contributed by atoms with E-state index >= 15 is 0 Å². The first-order valence-corrected chi connectivity index (χ1v) is 6.31. The predicted octanol–water partition coefficient (Wildman–Crippen LogP) is 3.79. The SMILES string of the molecule is Cn1c(CCCCCl)nc2cccc(Cl)c21. The van der Waals surface area contributed by atoms with Gasteiger partial charge < -0.3 is 4.57 Å². The van der Waals surface area contributed by atoms with Gasteiger partial charge in [-0.2, -0.15) is 0 Å². The summed E-state index contributed by atoms with van der Waals surface area (Å²) in [6.45, 7) is 0. The van der Waals surface area contributed by atoms with Gasteiger partial charge in [-0.05, 0) is 25.0 Å². The Morgan fingerprint density at radius 2 is 2.12 bits per heavy atom. The summed E-state index contributed by atoms with van der Waals surface area (Å²) in [5, 5.41) is 0.760. The molecule has 0 N–H and O–H groups in total. The summed E-state index contributed by atoms with van der Waals surface area (Å²) in [7, 11) is 2.01. The zero-order valence-electron chi connectivity index (χ0n) is 9.21. The molecule has 0 atom stereocenters. The Balaban J connectivity index is 2.33. The van der Waals surface area contributed by atoms with Gasteiger partial charge in [-0.15, -0.1) is 11.6 Å². The van der Waals surface area contributed by atoms with E-state index in [9.17, 15) is 0 Å². The van der Waals surface area contributed by atoms with Gasteiger partial charge in [0.15, 0.2) is 0 Å². The lowest BCUT2D eigenvalue weighted by molar-refractivity contribution is 0.722. The quantitative estimate of drug-likeness (QED) is 0.602. The van der Waals surface area contributed by atoms with Crippen LogP contribution in [0.25, 0.3) is 11.0 Å². The number of hydrogen-bond donors (Lipinski definition) is 0. The third kappa shape index (κ3) is 2.18. The molecule has 4 heteroatoms. The van der Waals surface area contributed by atoms with E-state index in [0.29, 0.717) is 5.88 Å². The summed E-state index contributed by atoms with van der Waals surface area (Å²) < 4.78 is 2.08. The maximum Gasteiger partial charge on any atom is 0.109 e. The van der Waals surface area contributed by atoms with Crippen LogP contribution in [0.4, 0.5) is 0 Å². The van der Waals surface area contributed by atoms with Crippen molar-refractivity contribution in [2.75, 3.05) is 5.88 Å². The summed E-state index contributed by atoms with van der Waals surface area (Å²) in [6.07, 6.45) is 3.05. The molecule has 1 aromatic heterocycles. The van der Waals surface area contributed by atoms with Crippen LogP contribution in [0.15, 0.2) is 18.2 Å². The number of para-hydroxylation sites is 1. The Morgan fingerprint density at radius 3 is 2.81 bits per heavy atom. The fourth-order valence-corrected chi connectivity index (χ4v) is 2.36. The van der Waals surface area contributed by atoms with E-state index in [-0.39, 0.29) is 0 Å². The van der Waals surface area contributed by atoms with Crippen LogP contribution < -0.4 is 0 Å². The lowest BCUT2D eigenvalue weighted by atomic mass is 10.2. The molecule has 1 heterocycles. The maximum atomic E-state index is 6.16. The molecular weight excluding hydrogens is 243 g/mol. The molecule has 0 radical (unpaired) electrons. The van der Waals surface area contributed by atoms with E-state index in [1.165, 1.54) is 0 Å². The molecule has 2 rings (SSSR count). The minimum atomic E-state index is 0.713. The van der Waals surface area contributed by atoms with Crippen molar-refractivity contribution < 1.29 is 0 Å². The molecule has 1 aromatic carbocycles. The lowest BCUT2D eigenvalue weighted by Crippen LogP contribution is -1.98. The maximum absolute atomic E-state index is 6.16. The summed E-state index contributed by atoms with van der Waals surface area (Å²) in [6, 6.07) is 5.82. The highest BCUT2D eigenvalue weighted by Crippen LogP contribution is 2.24. The van der Waals surface area contributed by atoms with Gasteiger partial charge in [0.2, 0.25) is 0 Å². The molecule has 0 spiro atoms. The fraction of sp³-hybridized carbons (Fsp3) is 0.417. The third-order valence-electron chi connectivity index (χ3n) is 2.72. The molecule has 0 aliphatic carbocycles. The number of fused-ring (bicyclic) bond motifs is 1. The van der Waals surface area contributed by atoms with E-state index in [1.807, 2.05) is 25.2 Å². The molecule has 0 aliphatic heterocycles. The molecule has 0 fully saturated rings. The Morgan fingerprint density at radius 1 is 1.31 bits per heavy atom. The molecular formula is C12H14Cl2N2. The van der Waals surface area contributed by atoms with E-state index in [2.05, 4.69) is 9.55 Å². The largest absolute Gasteiger partial charge is 0.330 e. The first-order valence-electron chi connectivity index (χ1n) is 5.40. The van der Waals surface area contributed by atoms with Crippen LogP contribution >= 0.6 is 23.2 Å². The van der Waals surface area contributed by atoms with Gasteiger partial charge in [-0.25, -0.2) is 4.98 Å². The van der Waals surface area contributed by atoms with Crippen LogP contribution in [0.1, 0.15) is 18.7 Å². The molecule has 0 unspecified atom stereocenters. The number of hydrogen-bond acceptors (Lipinski definition) is 1. The number of rotatable bonds is 4. The van der Waals surface area contributed by atoms with Crippen LogP contribution in [0, 0.1) is 0 Å². The number of unbranched alkanes of at least 4 members (excludes halogenated alkanes) is 1. The molecule has 0 saturated heterocycles. The minimum Gasteiger partial charge on any atom is -0.330 e. The predicted molar refractivity (Wildman–Crippen MR) is 69.4 cm³/mol. The molecule has 0 amide bonds. The number of nitrogens with zero attached hydrogens (tertiary/aromatic N) is 2. The highest BCUT2D eigenvalue weighted by molar-refractivity contribution is 6.35. The minimum absolute atomic E-state index is 0.713. The molecule has 0 saturated carbocycles. The second-order valence-corrected chi connectivity index (χ2v) is 4.63. The molecule has 0 aliphatic rings. The van der Waals surface area contributed by atoms with Crippen molar-refractivity contribution >= 4 is 34.2 Å². The Kier molecular flexibility index (Phi) is 3.72. The van der Waals surface area contributed by atoms with E-state index < -0.39 is 0 Å². The summed E-state index contributed by atoms with van der Waals surface area (Å²) in [5.74, 6) is 1.79. The molecule has 2 aromatic rings. The average Bonchev–Trinajstić information content (AvgIpc) is 2.58. The third-order valence-corrected chi connectivity index (χ3v) is 3.29. The monoisotopic (exact) mass is 256 g/mol. The van der Waals surface area contributed by atoms with Crippen LogP contribution in [0.3, 0.4) is 0 Å². The standard InChI is InChI=1S/C12H14Cl2N2/c1-16-11(7-2-3-8-13)15-10-6-4-5-9(14)12(10)16/h4-6H,2-3,7-8H2,1H3. The molecule has 16 heavy (non-hydrogen) atoms. The molecule has 0 bridgehead atoms. The Hall–Kier alpha value is -0.730. The zero-order valence-corrected chi connectivity index (χ0v) is 10.7. The first kappa shape index (κ1) is 11.7. The number of aryl methyl sites for hydroxylation is 2. The van der Waals surface area contributed by atoms with Gasteiger partial charge >= 0.3 is 0 Å².